The minimum atomic E-state index is 0.682. The van der Waals surface area contributed by atoms with Crippen molar-refractivity contribution in [2.45, 2.75) is 6.54 Å². The van der Waals surface area contributed by atoms with Crippen molar-refractivity contribution in [3.05, 3.63) is 77.3 Å². The van der Waals surface area contributed by atoms with Crippen LogP contribution >= 0.6 is 11.6 Å². The molecule has 124 valence electrons. The SMILES string of the molecule is COc1ccc2nc3cc(Cl)ccc3c(NCc3ccccc3)c2c1. The van der Waals surface area contributed by atoms with E-state index in [0.717, 1.165) is 39.8 Å². The first-order valence-corrected chi connectivity index (χ1v) is 8.47. The average Bonchev–Trinajstić information content (AvgIpc) is 2.65. The highest BCUT2D eigenvalue weighted by Gasteiger charge is 2.11. The molecule has 0 aliphatic heterocycles. The standard InChI is InChI=1S/C21H17ClN2O/c1-25-16-8-10-19-18(12-16)21(23-13-14-5-3-2-4-6-14)17-9-7-15(22)11-20(17)24-19/h2-12H,13H2,1H3,(H,23,24). The molecule has 1 heterocycles. The van der Waals surface area contributed by atoms with Crippen molar-refractivity contribution in [2.75, 3.05) is 12.4 Å². The number of halogens is 1. The van der Waals surface area contributed by atoms with Crippen LogP contribution in [0, 0.1) is 0 Å². The highest BCUT2D eigenvalue weighted by molar-refractivity contribution is 6.31. The van der Waals surface area contributed by atoms with E-state index in [1.165, 1.54) is 5.56 Å². The van der Waals surface area contributed by atoms with Crippen molar-refractivity contribution in [3.63, 3.8) is 0 Å². The van der Waals surface area contributed by atoms with Crippen LogP contribution in [0.5, 0.6) is 5.75 Å². The van der Waals surface area contributed by atoms with Gasteiger partial charge in [0.25, 0.3) is 0 Å². The summed E-state index contributed by atoms with van der Waals surface area (Å²) < 4.78 is 5.39. The number of hydrogen-bond acceptors (Lipinski definition) is 3. The lowest BCUT2D eigenvalue weighted by Crippen LogP contribution is -2.02. The number of methoxy groups -OCH3 is 1. The van der Waals surface area contributed by atoms with Gasteiger partial charge in [0.05, 0.1) is 23.8 Å². The number of anilines is 1. The predicted molar refractivity (Wildman–Crippen MR) is 105 cm³/mol. The number of rotatable bonds is 4. The van der Waals surface area contributed by atoms with Crippen molar-refractivity contribution in [2.24, 2.45) is 0 Å². The maximum atomic E-state index is 6.16. The second-order valence-corrected chi connectivity index (χ2v) is 6.31. The topological polar surface area (TPSA) is 34.1 Å². The molecular weight excluding hydrogens is 332 g/mol. The quantitative estimate of drug-likeness (QED) is 0.483. The van der Waals surface area contributed by atoms with Crippen LogP contribution in [0.15, 0.2) is 66.7 Å². The Bertz CT molecular complexity index is 1050. The Morgan fingerprint density at radius 3 is 2.56 bits per heavy atom. The van der Waals surface area contributed by atoms with Gasteiger partial charge in [-0.05, 0) is 42.0 Å². The number of pyridine rings is 1. The molecule has 0 spiro atoms. The Morgan fingerprint density at radius 2 is 1.76 bits per heavy atom. The Morgan fingerprint density at radius 1 is 0.920 bits per heavy atom. The molecule has 0 saturated heterocycles. The van der Waals surface area contributed by atoms with E-state index >= 15 is 0 Å². The largest absolute Gasteiger partial charge is 0.497 e. The molecular formula is C21H17ClN2O. The summed E-state index contributed by atoms with van der Waals surface area (Å²) in [5, 5.41) is 6.34. The van der Waals surface area contributed by atoms with Crippen LogP contribution in [0.4, 0.5) is 5.69 Å². The monoisotopic (exact) mass is 348 g/mol. The molecule has 4 heteroatoms. The number of ether oxygens (including phenoxy) is 1. The Hall–Kier alpha value is -2.78. The molecule has 0 saturated carbocycles. The molecule has 4 aromatic rings. The fourth-order valence-electron chi connectivity index (χ4n) is 3.00. The lowest BCUT2D eigenvalue weighted by Gasteiger charge is -2.14. The number of nitrogens with zero attached hydrogens (tertiary/aromatic N) is 1. The van der Waals surface area contributed by atoms with Crippen molar-refractivity contribution in [1.82, 2.24) is 4.98 Å². The van der Waals surface area contributed by atoms with Gasteiger partial charge in [0.1, 0.15) is 5.75 Å². The first-order chi connectivity index (χ1) is 12.2. The van der Waals surface area contributed by atoms with Crippen LogP contribution in [0.2, 0.25) is 5.02 Å². The second-order valence-electron chi connectivity index (χ2n) is 5.87. The molecule has 0 radical (unpaired) electrons. The van der Waals surface area contributed by atoms with Gasteiger partial charge in [0.2, 0.25) is 0 Å². The highest BCUT2D eigenvalue weighted by atomic mass is 35.5. The number of nitrogens with one attached hydrogen (secondary N) is 1. The van der Waals surface area contributed by atoms with Crippen LogP contribution in [-0.2, 0) is 6.54 Å². The van der Waals surface area contributed by atoms with Gasteiger partial charge >= 0.3 is 0 Å². The molecule has 0 aliphatic carbocycles. The van der Waals surface area contributed by atoms with E-state index in [-0.39, 0.29) is 0 Å². The predicted octanol–water partition coefficient (Wildman–Crippen LogP) is 5.66. The summed E-state index contributed by atoms with van der Waals surface area (Å²) in [4.78, 5) is 4.75. The van der Waals surface area contributed by atoms with E-state index in [1.807, 2.05) is 54.6 Å². The minimum Gasteiger partial charge on any atom is -0.497 e. The number of benzene rings is 3. The Kier molecular flexibility index (Phi) is 4.16. The lowest BCUT2D eigenvalue weighted by atomic mass is 10.1. The fraction of sp³-hybridized carbons (Fsp3) is 0.0952. The first kappa shape index (κ1) is 15.7. The van der Waals surface area contributed by atoms with Crippen LogP contribution in [-0.4, -0.2) is 12.1 Å². The summed E-state index contributed by atoms with van der Waals surface area (Å²) in [6, 6.07) is 22.0. The summed E-state index contributed by atoms with van der Waals surface area (Å²) in [5.74, 6) is 0.811. The minimum absolute atomic E-state index is 0.682. The summed E-state index contributed by atoms with van der Waals surface area (Å²) in [7, 11) is 1.67. The van der Waals surface area contributed by atoms with Crippen molar-refractivity contribution >= 4 is 39.1 Å². The zero-order valence-electron chi connectivity index (χ0n) is 13.8. The normalized spacial score (nSPS) is 11.0. The molecule has 0 amide bonds. The zero-order chi connectivity index (χ0) is 17.2. The molecule has 4 rings (SSSR count). The maximum Gasteiger partial charge on any atom is 0.119 e. The summed E-state index contributed by atoms with van der Waals surface area (Å²) in [6.45, 7) is 0.731. The zero-order valence-corrected chi connectivity index (χ0v) is 14.5. The lowest BCUT2D eigenvalue weighted by molar-refractivity contribution is 0.415. The van der Waals surface area contributed by atoms with Gasteiger partial charge in [-0.3, -0.25) is 0 Å². The third-order valence-electron chi connectivity index (χ3n) is 4.26. The smallest absolute Gasteiger partial charge is 0.119 e. The third kappa shape index (κ3) is 3.11. The van der Waals surface area contributed by atoms with Crippen molar-refractivity contribution in [1.29, 1.82) is 0 Å². The van der Waals surface area contributed by atoms with E-state index in [4.69, 9.17) is 21.3 Å². The second kappa shape index (κ2) is 6.61. The molecule has 1 aromatic heterocycles. The molecule has 25 heavy (non-hydrogen) atoms. The summed E-state index contributed by atoms with van der Waals surface area (Å²) in [5.41, 5.74) is 4.05. The van der Waals surface area contributed by atoms with Crippen LogP contribution in [0.25, 0.3) is 21.8 Å². The third-order valence-corrected chi connectivity index (χ3v) is 4.49. The maximum absolute atomic E-state index is 6.16. The van der Waals surface area contributed by atoms with Crippen LogP contribution < -0.4 is 10.1 Å². The van der Waals surface area contributed by atoms with E-state index in [1.54, 1.807) is 7.11 Å². The van der Waals surface area contributed by atoms with E-state index in [9.17, 15) is 0 Å². The number of hydrogen-bond donors (Lipinski definition) is 1. The molecule has 0 fully saturated rings. The number of aromatic nitrogens is 1. The van der Waals surface area contributed by atoms with Gasteiger partial charge < -0.3 is 10.1 Å². The molecule has 0 bridgehead atoms. The van der Waals surface area contributed by atoms with Crippen molar-refractivity contribution < 1.29 is 4.74 Å². The average molecular weight is 349 g/mol. The van der Waals surface area contributed by atoms with Gasteiger partial charge in [-0.2, -0.15) is 0 Å². The van der Waals surface area contributed by atoms with Gasteiger partial charge in [0, 0.05) is 22.3 Å². The van der Waals surface area contributed by atoms with E-state index < -0.39 is 0 Å². The van der Waals surface area contributed by atoms with E-state index in [0.29, 0.717) is 5.02 Å². The molecule has 1 N–H and O–H groups in total. The van der Waals surface area contributed by atoms with Crippen LogP contribution in [0.1, 0.15) is 5.56 Å². The molecule has 0 aliphatic rings. The summed E-state index contributed by atoms with van der Waals surface area (Å²) in [6.07, 6.45) is 0. The number of fused-ring (bicyclic) bond motifs is 2. The van der Waals surface area contributed by atoms with Gasteiger partial charge in [-0.1, -0.05) is 41.9 Å². The first-order valence-electron chi connectivity index (χ1n) is 8.09. The van der Waals surface area contributed by atoms with Gasteiger partial charge in [-0.15, -0.1) is 0 Å². The Labute approximate surface area is 151 Å². The fourth-order valence-corrected chi connectivity index (χ4v) is 3.17. The highest BCUT2D eigenvalue weighted by Crippen LogP contribution is 2.34. The van der Waals surface area contributed by atoms with Crippen molar-refractivity contribution in [3.8, 4) is 5.75 Å². The van der Waals surface area contributed by atoms with Gasteiger partial charge in [0.15, 0.2) is 0 Å². The molecule has 3 nitrogen and oxygen atoms in total. The van der Waals surface area contributed by atoms with Gasteiger partial charge in [-0.25, -0.2) is 4.98 Å². The molecule has 3 aromatic carbocycles. The molecule has 0 unspecified atom stereocenters. The van der Waals surface area contributed by atoms with E-state index in [2.05, 4.69) is 17.4 Å². The van der Waals surface area contributed by atoms with Crippen LogP contribution in [0.3, 0.4) is 0 Å². The Balaban J connectivity index is 1.89. The molecule has 0 atom stereocenters. The summed E-state index contributed by atoms with van der Waals surface area (Å²) >= 11 is 6.16.